The predicted octanol–water partition coefficient (Wildman–Crippen LogP) is 4.89. The molecule has 6 heteroatoms. The number of rotatable bonds is 6. The first-order chi connectivity index (χ1) is 15.2. The number of pyridine rings is 1. The van der Waals surface area contributed by atoms with Crippen molar-refractivity contribution in [3.63, 3.8) is 0 Å². The Bertz CT molecular complexity index is 1210. The number of benzene rings is 1. The van der Waals surface area contributed by atoms with E-state index in [0.717, 1.165) is 35.0 Å². The van der Waals surface area contributed by atoms with Crippen LogP contribution in [0.5, 0.6) is 5.88 Å². The zero-order chi connectivity index (χ0) is 21.2. The van der Waals surface area contributed by atoms with E-state index in [-0.39, 0.29) is 6.04 Å². The predicted molar refractivity (Wildman–Crippen MR) is 126 cm³/mol. The second kappa shape index (κ2) is 8.73. The van der Waals surface area contributed by atoms with Crippen LogP contribution in [0, 0.1) is 6.92 Å². The third kappa shape index (κ3) is 4.18. The second-order valence-electron chi connectivity index (χ2n) is 8.18. The minimum atomic E-state index is -0.107. The van der Waals surface area contributed by atoms with Gasteiger partial charge < -0.3 is 10.5 Å². The number of hydrogen-bond acceptors (Lipinski definition) is 6. The SMILES string of the molecule is Cc1ccccc1C[C@H](N)COc1nc(-c2ccncc2)nc2sc3c(c12)CCCC3. The average molecular weight is 431 g/mol. The van der Waals surface area contributed by atoms with Crippen molar-refractivity contribution in [2.45, 2.75) is 45.1 Å². The molecule has 31 heavy (non-hydrogen) atoms. The number of aromatic nitrogens is 3. The Morgan fingerprint density at radius 2 is 1.87 bits per heavy atom. The Labute approximate surface area is 186 Å². The van der Waals surface area contributed by atoms with Crippen LogP contribution in [-0.2, 0) is 19.3 Å². The maximum Gasteiger partial charge on any atom is 0.226 e. The molecule has 0 radical (unpaired) electrons. The smallest absolute Gasteiger partial charge is 0.226 e. The van der Waals surface area contributed by atoms with Crippen molar-refractivity contribution in [2.24, 2.45) is 5.73 Å². The average Bonchev–Trinajstić information content (AvgIpc) is 3.18. The number of aryl methyl sites for hydroxylation is 3. The van der Waals surface area contributed by atoms with Gasteiger partial charge in [-0.15, -0.1) is 11.3 Å². The second-order valence-corrected chi connectivity index (χ2v) is 9.26. The Morgan fingerprint density at radius 3 is 2.71 bits per heavy atom. The van der Waals surface area contributed by atoms with Crippen LogP contribution in [-0.4, -0.2) is 27.6 Å². The van der Waals surface area contributed by atoms with Gasteiger partial charge in [0.1, 0.15) is 11.4 Å². The van der Waals surface area contributed by atoms with Crippen molar-refractivity contribution in [1.29, 1.82) is 0 Å². The van der Waals surface area contributed by atoms with Crippen LogP contribution in [0.15, 0.2) is 48.8 Å². The van der Waals surface area contributed by atoms with Gasteiger partial charge in [-0.1, -0.05) is 24.3 Å². The summed E-state index contributed by atoms with van der Waals surface area (Å²) >= 11 is 1.78. The summed E-state index contributed by atoms with van der Waals surface area (Å²) in [5.74, 6) is 1.34. The molecule has 1 aromatic carbocycles. The fourth-order valence-electron chi connectivity index (χ4n) is 4.23. The summed E-state index contributed by atoms with van der Waals surface area (Å²) in [7, 11) is 0. The van der Waals surface area contributed by atoms with Crippen molar-refractivity contribution in [3.8, 4) is 17.3 Å². The minimum absolute atomic E-state index is 0.107. The zero-order valence-electron chi connectivity index (χ0n) is 17.7. The minimum Gasteiger partial charge on any atom is -0.475 e. The molecule has 158 valence electrons. The third-order valence-corrected chi connectivity index (χ3v) is 7.08. The summed E-state index contributed by atoms with van der Waals surface area (Å²) < 4.78 is 6.29. The van der Waals surface area contributed by atoms with Gasteiger partial charge in [0, 0.05) is 28.9 Å². The first-order valence-corrected chi connectivity index (χ1v) is 11.7. The Hall–Kier alpha value is -2.83. The number of hydrogen-bond donors (Lipinski definition) is 1. The van der Waals surface area contributed by atoms with Gasteiger partial charge in [-0.2, -0.15) is 4.98 Å². The maximum atomic E-state index is 6.45. The van der Waals surface area contributed by atoms with E-state index in [4.69, 9.17) is 20.4 Å². The molecule has 1 aliphatic rings. The van der Waals surface area contributed by atoms with Gasteiger partial charge in [0.15, 0.2) is 5.82 Å². The molecule has 1 atom stereocenters. The van der Waals surface area contributed by atoms with E-state index in [2.05, 4.69) is 36.2 Å². The summed E-state index contributed by atoms with van der Waals surface area (Å²) in [5.41, 5.74) is 11.3. The topological polar surface area (TPSA) is 73.9 Å². The zero-order valence-corrected chi connectivity index (χ0v) is 18.5. The lowest BCUT2D eigenvalue weighted by Gasteiger charge is -2.16. The molecule has 0 spiro atoms. The lowest BCUT2D eigenvalue weighted by Crippen LogP contribution is -2.30. The van der Waals surface area contributed by atoms with Crippen molar-refractivity contribution in [1.82, 2.24) is 15.0 Å². The molecular weight excluding hydrogens is 404 g/mol. The highest BCUT2D eigenvalue weighted by molar-refractivity contribution is 7.18. The summed E-state index contributed by atoms with van der Waals surface area (Å²) in [5, 5.41) is 1.08. The van der Waals surface area contributed by atoms with E-state index in [1.165, 1.54) is 34.4 Å². The molecular formula is C25H26N4OS. The molecule has 0 amide bonds. The van der Waals surface area contributed by atoms with Gasteiger partial charge in [0.05, 0.1) is 5.39 Å². The molecule has 4 aromatic rings. The summed E-state index contributed by atoms with van der Waals surface area (Å²) in [6, 6.07) is 12.1. The largest absolute Gasteiger partial charge is 0.475 e. The number of fused-ring (bicyclic) bond motifs is 3. The van der Waals surface area contributed by atoms with Gasteiger partial charge in [-0.3, -0.25) is 4.98 Å². The van der Waals surface area contributed by atoms with E-state index in [1.807, 2.05) is 12.1 Å². The molecule has 0 aliphatic heterocycles. The molecule has 1 aliphatic carbocycles. The van der Waals surface area contributed by atoms with Crippen LogP contribution in [0.2, 0.25) is 0 Å². The normalized spacial score (nSPS) is 14.4. The van der Waals surface area contributed by atoms with Crippen LogP contribution in [0.3, 0.4) is 0 Å². The number of ether oxygens (including phenoxy) is 1. The van der Waals surface area contributed by atoms with E-state index >= 15 is 0 Å². The molecule has 3 heterocycles. The van der Waals surface area contributed by atoms with Crippen LogP contribution < -0.4 is 10.5 Å². The molecule has 0 saturated heterocycles. The van der Waals surface area contributed by atoms with Crippen LogP contribution in [0.25, 0.3) is 21.6 Å². The fraction of sp³-hybridized carbons (Fsp3) is 0.320. The highest BCUT2D eigenvalue weighted by Crippen LogP contribution is 2.40. The number of thiophene rings is 1. The molecule has 0 unspecified atom stereocenters. The Morgan fingerprint density at radius 1 is 1.06 bits per heavy atom. The highest BCUT2D eigenvalue weighted by atomic mass is 32.1. The van der Waals surface area contributed by atoms with Gasteiger partial charge in [0.25, 0.3) is 0 Å². The summed E-state index contributed by atoms with van der Waals surface area (Å²) in [6.45, 7) is 2.54. The fourth-order valence-corrected chi connectivity index (χ4v) is 5.48. The lowest BCUT2D eigenvalue weighted by atomic mass is 9.97. The molecule has 0 bridgehead atoms. The number of nitrogens with zero attached hydrogens (tertiary/aromatic N) is 3. The molecule has 2 N–H and O–H groups in total. The van der Waals surface area contributed by atoms with Crippen LogP contribution >= 0.6 is 11.3 Å². The van der Waals surface area contributed by atoms with Crippen LogP contribution in [0.4, 0.5) is 0 Å². The van der Waals surface area contributed by atoms with Gasteiger partial charge >= 0.3 is 0 Å². The highest BCUT2D eigenvalue weighted by Gasteiger charge is 2.23. The monoisotopic (exact) mass is 430 g/mol. The van der Waals surface area contributed by atoms with Crippen molar-refractivity contribution in [2.75, 3.05) is 6.61 Å². The first kappa shape index (κ1) is 20.1. The Balaban J connectivity index is 1.47. The van der Waals surface area contributed by atoms with Crippen molar-refractivity contribution < 1.29 is 4.74 Å². The Kier molecular flexibility index (Phi) is 5.66. The standard InChI is InChI=1S/C25H26N4OS/c1-16-6-2-3-7-18(16)14-19(26)15-30-24-22-20-8-4-5-9-21(20)31-25(22)29-23(28-24)17-10-12-27-13-11-17/h2-3,6-7,10-13,19H,4-5,8-9,14-15,26H2,1H3/t19-/m0/s1. The molecule has 0 saturated carbocycles. The molecule has 0 fully saturated rings. The van der Waals surface area contributed by atoms with E-state index in [1.54, 1.807) is 23.7 Å². The van der Waals surface area contributed by atoms with Crippen LogP contribution in [0.1, 0.15) is 34.4 Å². The molecule has 5 nitrogen and oxygen atoms in total. The lowest BCUT2D eigenvalue weighted by molar-refractivity contribution is 0.280. The van der Waals surface area contributed by atoms with E-state index in [9.17, 15) is 0 Å². The van der Waals surface area contributed by atoms with Gasteiger partial charge in [-0.05, 0) is 67.9 Å². The van der Waals surface area contributed by atoms with Crippen molar-refractivity contribution >= 4 is 21.6 Å². The van der Waals surface area contributed by atoms with Gasteiger partial charge in [-0.25, -0.2) is 4.98 Å². The quantitative estimate of drug-likeness (QED) is 0.471. The number of nitrogens with two attached hydrogens (primary N) is 1. The molecule has 3 aromatic heterocycles. The van der Waals surface area contributed by atoms with E-state index < -0.39 is 0 Å². The van der Waals surface area contributed by atoms with E-state index in [0.29, 0.717) is 18.3 Å². The van der Waals surface area contributed by atoms with Crippen molar-refractivity contribution in [3.05, 3.63) is 70.4 Å². The van der Waals surface area contributed by atoms with Gasteiger partial charge in [0.2, 0.25) is 5.88 Å². The molecule has 5 rings (SSSR count). The summed E-state index contributed by atoms with van der Waals surface area (Å²) in [6.07, 6.45) is 8.94. The third-order valence-electron chi connectivity index (χ3n) is 5.90. The summed E-state index contributed by atoms with van der Waals surface area (Å²) in [4.78, 5) is 16.3. The first-order valence-electron chi connectivity index (χ1n) is 10.8. The maximum absolute atomic E-state index is 6.45.